The molecule has 2 fully saturated rings. The minimum absolute atomic E-state index is 0.0982. The van der Waals surface area contributed by atoms with Gasteiger partial charge in [0.05, 0.1) is 6.61 Å². The van der Waals surface area contributed by atoms with Gasteiger partial charge in [-0.05, 0) is 25.2 Å². The van der Waals surface area contributed by atoms with E-state index in [1.807, 2.05) is 0 Å². The van der Waals surface area contributed by atoms with Gasteiger partial charge < -0.3 is 15.2 Å². The van der Waals surface area contributed by atoms with Crippen LogP contribution < -0.4 is 5.32 Å². The van der Waals surface area contributed by atoms with Crippen LogP contribution in [0.25, 0.3) is 0 Å². The second kappa shape index (κ2) is 6.89. The fraction of sp³-hybridized carbons (Fsp3) is 0.857. The van der Waals surface area contributed by atoms with Gasteiger partial charge in [-0.25, -0.2) is 4.79 Å². The lowest BCUT2D eigenvalue weighted by molar-refractivity contribution is -0.145. The Kier molecular flexibility index (Phi) is 5.19. The van der Waals surface area contributed by atoms with Crippen molar-refractivity contribution >= 4 is 11.9 Å². The molecule has 0 bridgehead atoms. The molecule has 1 heterocycles. The molecule has 5 nitrogen and oxygen atoms in total. The van der Waals surface area contributed by atoms with Crippen molar-refractivity contribution < 1.29 is 19.4 Å². The van der Waals surface area contributed by atoms with Crippen LogP contribution in [0.4, 0.5) is 0 Å². The van der Waals surface area contributed by atoms with Crippen LogP contribution in [0.3, 0.4) is 0 Å². The summed E-state index contributed by atoms with van der Waals surface area (Å²) >= 11 is 0. The van der Waals surface area contributed by atoms with E-state index in [1.165, 1.54) is 19.3 Å². The van der Waals surface area contributed by atoms with Gasteiger partial charge in [-0.2, -0.15) is 0 Å². The molecule has 0 radical (unpaired) electrons. The van der Waals surface area contributed by atoms with Gasteiger partial charge in [-0.1, -0.05) is 19.3 Å². The highest BCUT2D eigenvalue weighted by Crippen LogP contribution is 2.30. The molecule has 0 aromatic carbocycles. The second-order valence-electron chi connectivity index (χ2n) is 5.70. The molecule has 2 N–H and O–H groups in total. The van der Waals surface area contributed by atoms with E-state index in [1.54, 1.807) is 0 Å². The number of aliphatic carboxylic acids is 1. The Morgan fingerprint density at radius 3 is 2.58 bits per heavy atom. The van der Waals surface area contributed by atoms with Gasteiger partial charge in [0, 0.05) is 18.9 Å². The molecule has 0 aromatic rings. The van der Waals surface area contributed by atoms with Crippen molar-refractivity contribution in [3.8, 4) is 0 Å². The summed E-state index contributed by atoms with van der Waals surface area (Å²) in [5.74, 6) is -0.511. The molecule has 5 heteroatoms. The number of carboxylic acid groups (broad SMARTS) is 1. The zero-order valence-corrected chi connectivity index (χ0v) is 11.3. The van der Waals surface area contributed by atoms with Crippen LogP contribution in [0.2, 0.25) is 0 Å². The Labute approximate surface area is 113 Å². The minimum Gasteiger partial charge on any atom is -0.480 e. The van der Waals surface area contributed by atoms with E-state index < -0.39 is 12.0 Å². The van der Waals surface area contributed by atoms with E-state index in [0.717, 1.165) is 19.3 Å². The summed E-state index contributed by atoms with van der Waals surface area (Å²) in [5.41, 5.74) is 0. The van der Waals surface area contributed by atoms with E-state index in [4.69, 9.17) is 4.74 Å². The molecule has 1 saturated carbocycles. The molecule has 1 amide bonds. The molecule has 2 aliphatic rings. The molecule has 1 aliphatic carbocycles. The maximum absolute atomic E-state index is 11.8. The van der Waals surface area contributed by atoms with Gasteiger partial charge in [-0.15, -0.1) is 0 Å². The number of hydrogen-bond donors (Lipinski definition) is 2. The van der Waals surface area contributed by atoms with Crippen molar-refractivity contribution in [1.82, 2.24) is 5.32 Å². The third-order valence-corrected chi connectivity index (χ3v) is 4.25. The highest BCUT2D eigenvalue weighted by molar-refractivity contribution is 5.83. The lowest BCUT2D eigenvalue weighted by Crippen LogP contribution is -2.48. The first-order valence-electron chi connectivity index (χ1n) is 7.26. The summed E-state index contributed by atoms with van der Waals surface area (Å²) in [6.07, 6.45) is 6.70. The summed E-state index contributed by atoms with van der Waals surface area (Å²) < 4.78 is 5.30. The van der Waals surface area contributed by atoms with Crippen molar-refractivity contribution in [2.24, 2.45) is 11.8 Å². The summed E-state index contributed by atoms with van der Waals surface area (Å²) in [5, 5.41) is 11.9. The maximum atomic E-state index is 11.8. The molecule has 0 spiro atoms. The molecular weight excluding hydrogens is 246 g/mol. The SMILES string of the molecule is O=C(CCC1CCC1)NC(C(=O)O)C1CCCOC1. The first-order chi connectivity index (χ1) is 9.16. The van der Waals surface area contributed by atoms with Gasteiger partial charge in [0.2, 0.25) is 5.91 Å². The smallest absolute Gasteiger partial charge is 0.326 e. The van der Waals surface area contributed by atoms with Crippen molar-refractivity contribution in [2.75, 3.05) is 13.2 Å². The Morgan fingerprint density at radius 2 is 2.05 bits per heavy atom. The molecule has 19 heavy (non-hydrogen) atoms. The lowest BCUT2D eigenvalue weighted by Gasteiger charge is -2.29. The molecule has 1 saturated heterocycles. The van der Waals surface area contributed by atoms with Gasteiger partial charge in [0.1, 0.15) is 6.04 Å². The van der Waals surface area contributed by atoms with Gasteiger partial charge in [-0.3, -0.25) is 4.79 Å². The van der Waals surface area contributed by atoms with E-state index in [9.17, 15) is 14.7 Å². The Hall–Kier alpha value is -1.10. The summed E-state index contributed by atoms with van der Waals surface area (Å²) in [4.78, 5) is 23.1. The third kappa shape index (κ3) is 4.20. The lowest BCUT2D eigenvalue weighted by atomic mass is 9.82. The van der Waals surface area contributed by atoms with Gasteiger partial charge in [0.25, 0.3) is 0 Å². The number of nitrogens with one attached hydrogen (secondary N) is 1. The molecule has 108 valence electrons. The molecular formula is C14H23NO4. The zero-order chi connectivity index (χ0) is 13.7. The largest absolute Gasteiger partial charge is 0.480 e. The van der Waals surface area contributed by atoms with Crippen LogP contribution in [0, 0.1) is 11.8 Å². The second-order valence-corrected chi connectivity index (χ2v) is 5.70. The van der Waals surface area contributed by atoms with Crippen molar-refractivity contribution in [3.63, 3.8) is 0 Å². The normalized spacial score (nSPS) is 25.4. The van der Waals surface area contributed by atoms with E-state index in [-0.39, 0.29) is 11.8 Å². The number of carbonyl (C=O) groups excluding carboxylic acids is 1. The standard InChI is InChI=1S/C14H23NO4/c16-12(7-6-10-3-1-4-10)15-13(14(17)18)11-5-2-8-19-9-11/h10-11,13H,1-9H2,(H,15,16)(H,17,18). The number of ether oxygens (including phenoxy) is 1. The maximum Gasteiger partial charge on any atom is 0.326 e. The zero-order valence-electron chi connectivity index (χ0n) is 11.3. The van der Waals surface area contributed by atoms with Crippen LogP contribution in [-0.2, 0) is 14.3 Å². The summed E-state index contributed by atoms with van der Waals surface area (Å²) in [6, 6.07) is -0.797. The fourth-order valence-corrected chi connectivity index (χ4v) is 2.77. The van der Waals surface area contributed by atoms with E-state index >= 15 is 0 Å². The average Bonchev–Trinajstić information content (AvgIpc) is 2.35. The van der Waals surface area contributed by atoms with Crippen LogP contribution in [0.15, 0.2) is 0 Å². The van der Waals surface area contributed by atoms with Crippen molar-refractivity contribution in [1.29, 1.82) is 0 Å². The predicted octanol–water partition coefficient (Wildman–Crippen LogP) is 1.56. The summed E-state index contributed by atoms with van der Waals surface area (Å²) in [6.45, 7) is 1.12. The van der Waals surface area contributed by atoms with Crippen LogP contribution in [0.1, 0.15) is 44.9 Å². The number of amides is 1. The third-order valence-electron chi connectivity index (χ3n) is 4.25. The molecule has 1 aliphatic heterocycles. The van der Waals surface area contributed by atoms with E-state index in [2.05, 4.69) is 5.32 Å². The molecule has 0 aromatic heterocycles. The van der Waals surface area contributed by atoms with Crippen molar-refractivity contribution in [3.05, 3.63) is 0 Å². The molecule has 2 unspecified atom stereocenters. The van der Waals surface area contributed by atoms with Gasteiger partial charge in [0.15, 0.2) is 0 Å². The first kappa shape index (κ1) is 14.3. The monoisotopic (exact) mass is 269 g/mol. The van der Waals surface area contributed by atoms with Crippen molar-refractivity contribution in [2.45, 2.75) is 51.0 Å². The van der Waals surface area contributed by atoms with Crippen LogP contribution in [-0.4, -0.2) is 36.2 Å². The van der Waals surface area contributed by atoms with Crippen LogP contribution in [0.5, 0.6) is 0 Å². The number of hydrogen-bond acceptors (Lipinski definition) is 3. The predicted molar refractivity (Wildman–Crippen MR) is 69.7 cm³/mol. The summed E-state index contributed by atoms with van der Waals surface area (Å²) in [7, 11) is 0. The quantitative estimate of drug-likeness (QED) is 0.767. The minimum atomic E-state index is -0.951. The number of carboxylic acids is 1. The Morgan fingerprint density at radius 1 is 1.26 bits per heavy atom. The van der Waals surface area contributed by atoms with E-state index in [0.29, 0.717) is 25.6 Å². The topological polar surface area (TPSA) is 75.6 Å². The highest BCUT2D eigenvalue weighted by atomic mass is 16.5. The molecule has 2 atom stereocenters. The first-order valence-corrected chi connectivity index (χ1v) is 7.26. The number of carbonyl (C=O) groups is 2. The fourth-order valence-electron chi connectivity index (χ4n) is 2.77. The Balaban J connectivity index is 1.77. The van der Waals surface area contributed by atoms with Gasteiger partial charge >= 0.3 is 5.97 Å². The highest BCUT2D eigenvalue weighted by Gasteiger charge is 2.31. The van der Waals surface area contributed by atoms with Crippen LogP contribution >= 0.6 is 0 Å². The Bertz CT molecular complexity index is 321. The molecule has 2 rings (SSSR count). The average molecular weight is 269 g/mol. The number of rotatable bonds is 6.